The van der Waals surface area contributed by atoms with Crippen LogP contribution in [-0.2, 0) is 14.3 Å². The highest BCUT2D eigenvalue weighted by Crippen LogP contribution is 2.19. The molecule has 0 spiro atoms. The highest BCUT2D eigenvalue weighted by atomic mass is 16.6. The second-order valence-electron chi connectivity index (χ2n) is 3.59. The average molecular weight is 217 g/mol. The fraction of sp³-hybridized carbons (Fsp3) is 0.889. The Balaban J connectivity index is 2.42. The third-order valence-corrected chi connectivity index (χ3v) is 2.35. The topological polar surface area (TPSA) is 76.8 Å². The maximum Gasteiger partial charge on any atom is 0.310 e. The Labute approximate surface area is 89.6 Å². The van der Waals surface area contributed by atoms with Crippen molar-refractivity contribution in [3.05, 3.63) is 0 Å². The van der Waals surface area contributed by atoms with Gasteiger partial charge in [-0.1, -0.05) is 13.3 Å². The Bertz CT molecular complexity index is 213. The van der Waals surface area contributed by atoms with Crippen molar-refractivity contribution in [2.24, 2.45) is 5.84 Å². The molecule has 2 atom stereocenters. The summed E-state index contributed by atoms with van der Waals surface area (Å²) in [4.78, 5) is 11.1. The predicted octanol–water partition coefficient (Wildman–Crippen LogP) is -0.245. The lowest BCUT2D eigenvalue weighted by Crippen LogP contribution is -2.51. The van der Waals surface area contributed by atoms with Gasteiger partial charge in [-0.25, -0.2) is 0 Å². The zero-order valence-corrected chi connectivity index (χ0v) is 9.23. The van der Waals surface area contributed by atoms with Crippen LogP contribution in [-0.4, -0.2) is 37.0 Å². The number of nitrogens with one attached hydrogen (secondary N) is 1. The van der Waals surface area contributed by atoms with Crippen LogP contribution in [0, 0.1) is 0 Å². The van der Waals surface area contributed by atoms with Crippen molar-refractivity contribution in [2.75, 3.05) is 13.7 Å². The normalized spacial score (nSPS) is 26.0. The van der Waals surface area contributed by atoms with Crippen LogP contribution in [0.5, 0.6) is 0 Å². The summed E-state index contributed by atoms with van der Waals surface area (Å²) in [6, 6.07) is 0. The molecule has 88 valence electrons. The maximum absolute atomic E-state index is 11.1. The lowest BCUT2D eigenvalue weighted by atomic mass is 10.2. The molecule has 0 bridgehead atoms. The van der Waals surface area contributed by atoms with E-state index in [1.165, 1.54) is 5.01 Å². The van der Waals surface area contributed by atoms with Gasteiger partial charge in [-0.05, 0) is 6.42 Å². The number of hydrazine groups is 2. The fourth-order valence-corrected chi connectivity index (χ4v) is 1.45. The number of carbonyl (C=O) groups is 1. The molecule has 1 heterocycles. The third-order valence-electron chi connectivity index (χ3n) is 2.35. The smallest absolute Gasteiger partial charge is 0.310 e. The zero-order chi connectivity index (χ0) is 11.3. The van der Waals surface area contributed by atoms with Crippen molar-refractivity contribution in [2.45, 2.75) is 38.5 Å². The van der Waals surface area contributed by atoms with Crippen LogP contribution in [0.15, 0.2) is 0 Å². The lowest BCUT2D eigenvalue weighted by molar-refractivity contribution is -0.154. The molecule has 1 rings (SSSR count). The summed E-state index contributed by atoms with van der Waals surface area (Å²) >= 11 is 0. The van der Waals surface area contributed by atoms with Crippen LogP contribution in [0.1, 0.15) is 26.2 Å². The van der Waals surface area contributed by atoms with Crippen molar-refractivity contribution in [3.8, 4) is 0 Å². The molecule has 6 heteroatoms. The summed E-state index contributed by atoms with van der Waals surface area (Å²) in [6.07, 6.45) is 1.68. The Morgan fingerprint density at radius 1 is 1.73 bits per heavy atom. The van der Waals surface area contributed by atoms with Gasteiger partial charge in [0.15, 0.2) is 6.23 Å². The number of hydrogen-bond acceptors (Lipinski definition) is 6. The minimum atomic E-state index is -0.431. The van der Waals surface area contributed by atoms with Crippen LogP contribution in [0.2, 0.25) is 0 Å². The molecule has 3 N–H and O–H groups in total. The monoisotopic (exact) mass is 217 g/mol. The third kappa shape index (κ3) is 3.42. The van der Waals surface area contributed by atoms with Gasteiger partial charge in [0, 0.05) is 13.7 Å². The summed E-state index contributed by atoms with van der Waals surface area (Å²) in [5, 5.41) is 1.53. The first kappa shape index (κ1) is 12.4. The van der Waals surface area contributed by atoms with E-state index >= 15 is 0 Å². The largest absolute Gasteiger partial charge is 0.442 e. The predicted molar refractivity (Wildman–Crippen MR) is 54.2 cm³/mol. The van der Waals surface area contributed by atoms with Crippen molar-refractivity contribution >= 4 is 5.97 Å². The molecule has 0 amide bonds. The van der Waals surface area contributed by atoms with Gasteiger partial charge < -0.3 is 9.47 Å². The van der Waals surface area contributed by atoms with E-state index in [4.69, 9.17) is 15.3 Å². The van der Waals surface area contributed by atoms with E-state index < -0.39 is 6.23 Å². The van der Waals surface area contributed by atoms with Gasteiger partial charge >= 0.3 is 5.97 Å². The van der Waals surface area contributed by atoms with E-state index in [0.717, 1.165) is 12.8 Å². The number of carbonyl (C=O) groups excluding carboxylic acids is 1. The second kappa shape index (κ2) is 6.02. The summed E-state index contributed by atoms with van der Waals surface area (Å²) in [5.74, 6) is 5.00. The number of esters is 1. The van der Waals surface area contributed by atoms with Crippen LogP contribution in [0.25, 0.3) is 0 Å². The number of nitrogens with zero attached hydrogens (tertiary/aromatic N) is 1. The number of cyclic esters (lactones) is 1. The second-order valence-corrected chi connectivity index (χ2v) is 3.59. The maximum atomic E-state index is 11.1. The van der Waals surface area contributed by atoms with Crippen molar-refractivity contribution < 1.29 is 14.3 Å². The van der Waals surface area contributed by atoms with Gasteiger partial charge in [-0.15, -0.1) is 0 Å². The molecule has 1 aliphatic heterocycles. The number of ether oxygens (including phenoxy) is 2. The van der Waals surface area contributed by atoms with Gasteiger partial charge in [-0.2, -0.15) is 10.5 Å². The van der Waals surface area contributed by atoms with Crippen LogP contribution < -0.4 is 11.4 Å². The Morgan fingerprint density at radius 3 is 3.07 bits per heavy atom. The molecule has 0 aromatic heterocycles. The van der Waals surface area contributed by atoms with Gasteiger partial charge in [0.05, 0.1) is 6.42 Å². The van der Waals surface area contributed by atoms with Crippen molar-refractivity contribution in [3.63, 3.8) is 0 Å². The van der Waals surface area contributed by atoms with E-state index in [0.29, 0.717) is 13.0 Å². The first-order valence-corrected chi connectivity index (χ1v) is 5.19. The van der Waals surface area contributed by atoms with Crippen molar-refractivity contribution in [1.29, 1.82) is 0 Å². The Hall–Kier alpha value is -0.690. The number of likely N-dealkylation sites (N-methyl/N-ethyl adjacent to an activating group) is 1. The molecular weight excluding hydrogens is 198 g/mol. The molecule has 1 aliphatic rings. The summed E-state index contributed by atoms with van der Waals surface area (Å²) in [6.45, 7) is 2.73. The van der Waals surface area contributed by atoms with E-state index in [-0.39, 0.29) is 12.1 Å². The zero-order valence-electron chi connectivity index (χ0n) is 9.23. The molecule has 6 nitrogen and oxygen atoms in total. The lowest BCUT2D eigenvalue weighted by Gasteiger charge is -2.25. The first-order valence-electron chi connectivity index (χ1n) is 5.19. The highest BCUT2D eigenvalue weighted by Gasteiger charge is 2.38. The molecule has 0 aromatic rings. The average Bonchev–Trinajstić information content (AvgIpc) is 2.59. The summed E-state index contributed by atoms with van der Waals surface area (Å²) in [7, 11) is 1.71. The van der Waals surface area contributed by atoms with Crippen LogP contribution in [0.4, 0.5) is 0 Å². The standard InChI is InChI=1S/C9H19N3O3/c1-3-4-5-14-7-6-8(13)15-9(7)12(2)11-10/h7,9,11H,3-6,10H2,1-2H3. The minimum absolute atomic E-state index is 0.231. The molecule has 0 aliphatic carbocycles. The molecule has 1 saturated heterocycles. The fourth-order valence-electron chi connectivity index (χ4n) is 1.45. The van der Waals surface area contributed by atoms with Crippen molar-refractivity contribution in [1.82, 2.24) is 10.5 Å². The number of unbranched alkanes of at least 4 members (excludes halogenated alkanes) is 1. The quantitative estimate of drug-likeness (QED) is 0.277. The van der Waals surface area contributed by atoms with Gasteiger partial charge in [0.1, 0.15) is 6.10 Å². The Kier molecular flexibility index (Phi) is 4.97. The number of rotatable bonds is 6. The molecular formula is C9H19N3O3. The van der Waals surface area contributed by atoms with Gasteiger partial charge in [0.25, 0.3) is 0 Å². The van der Waals surface area contributed by atoms with E-state index in [9.17, 15) is 4.79 Å². The molecule has 2 unspecified atom stereocenters. The number of hydrogen-bond donors (Lipinski definition) is 2. The number of nitrogens with two attached hydrogens (primary N) is 1. The molecule has 0 radical (unpaired) electrons. The first-order chi connectivity index (χ1) is 7.19. The highest BCUT2D eigenvalue weighted by molar-refractivity contribution is 5.72. The minimum Gasteiger partial charge on any atom is -0.442 e. The summed E-state index contributed by atoms with van der Waals surface area (Å²) in [5.41, 5.74) is 2.42. The summed E-state index contributed by atoms with van der Waals surface area (Å²) < 4.78 is 10.6. The molecule has 0 saturated carbocycles. The van der Waals surface area contributed by atoms with Gasteiger partial charge in [0.2, 0.25) is 0 Å². The molecule has 15 heavy (non-hydrogen) atoms. The van der Waals surface area contributed by atoms with E-state index in [1.54, 1.807) is 7.05 Å². The molecule has 1 fully saturated rings. The van der Waals surface area contributed by atoms with Crippen LogP contribution >= 0.6 is 0 Å². The van der Waals surface area contributed by atoms with Crippen LogP contribution in [0.3, 0.4) is 0 Å². The van der Waals surface area contributed by atoms with E-state index in [1.807, 2.05) is 0 Å². The van der Waals surface area contributed by atoms with Gasteiger partial charge in [-0.3, -0.25) is 10.6 Å². The Morgan fingerprint density at radius 2 is 2.47 bits per heavy atom. The SMILES string of the molecule is CCCCOC1CC(=O)OC1N(C)NN. The molecule has 0 aromatic carbocycles. The van der Waals surface area contributed by atoms with E-state index in [2.05, 4.69) is 12.5 Å².